The summed E-state index contributed by atoms with van der Waals surface area (Å²) in [5.41, 5.74) is -3.96. The molecule has 90 valence electrons. The molecular weight excluding hydrogens is 237 g/mol. The number of hydrogen-bond donors (Lipinski definition) is 1. The maximum atomic E-state index is 12.4. The van der Waals surface area contributed by atoms with Crippen molar-refractivity contribution in [2.75, 3.05) is 7.11 Å². The van der Waals surface area contributed by atoms with Gasteiger partial charge in [0.25, 0.3) is 6.43 Å². The Morgan fingerprint density at radius 1 is 1.38 bits per heavy atom. The molecule has 0 aliphatic rings. The van der Waals surface area contributed by atoms with E-state index in [1.165, 1.54) is 4.98 Å². The molecule has 0 aromatic carbocycles. The van der Waals surface area contributed by atoms with E-state index in [0.717, 1.165) is 7.11 Å². The number of nitrogens with one attached hydrogen (secondary N) is 1. The molecule has 0 aliphatic heterocycles. The van der Waals surface area contributed by atoms with Crippen LogP contribution in [0.3, 0.4) is 0 Å². The number of H-pyrrole nitrogens is 1. The van der Waals surface area contributed by atoms with Crippen molar-refractivity contribution in [1.82, 2.24) is 4.98 Å². The van der Waals surface area contributed by atoms with E-state index >= 15 is 0 Å². The van der Waals surface area contributed by atoms with Gasteiger partial charge >= 0.3 is 6.18 Å². The molecule has 0 atom stereocenters. The third-order valence-corrected chi connectivity index (χ3v) is 1.75. The zero-order valence-corrected chi connectivity index (χ0v) is 7.86. The van der Waals surface area contributed by atoms with Crippen LogP contribution < -0.4 is 10.3 Å². The monoisotopic (exact) mass is 243 g/mol. The van der Waals surface area contributed by atoms with Crippen LogP contribution in [0.15, 0.2) is 10.9 Å². The fourth-order valence-corrected chi connectivity index (χ4v) is 1.15. The minimum absolute atomic E-state index is 0.374. The second-order valence-corrected chi connectivity index (χ2v) is 2.80. The summed E-state index contributed by atoms with van der Waals surface area (Å²) in [4.78, 5) is 12.2. The van der Waals surface area contributed by atoms with Gasteiger partial charge in [0, 0.05) is 6.07 Å². The first kappa shape index (κ1) is 12.5. The van der Waals surface area contributed by atoms with Gasteiger partial charge in [-0.3, -0.25) is 4.79 Å². The Morgan fingerprint density at radius 3 is 2.31 bits per heavy atom. The van der Waals surface area contributed by atoms with Crippen molar-refractivity contribution in [1.29, 1.82) is 0 Å². The molecule has 1 heterocycles. The summed E-state index contributed by atoms with van der Waals surface area (Å²) in [7, 11) is 0.814. The van der Waals surface area contributed by atoms with E-state index in [9.17, 15) is 26.7 Å². The zero-order valence-electron chi connectivity index (χ0n) is 7.86. The summed E-state index contributed by atoms with van der Waals surface area (Å²) in [6.07, 6.45) is -8.19. The van der Waals surface area contributed by atoms with Gasteiger partial charge in [-0.25, -0.2) is 8.78 Å². The Kier molecular flexibility index (Phi) is 3.20. The highest BCUT2D eigenvalue weighted by Crippen LogP contribution is 2.38. The summed E-state index contributed by atoms with van der Waals surface area (Å²) >= 11 is 0. The normalized spacial score (nSPS) is 11.9. The van der Waals surface area contributed by atoms with Crippen LogP contribution in [0, 0.1) is 0 Å². The molecular formula is C8H6F5NO2. The highest BCUT2D eigenvalue weighted by molar-refractivity contribution is 5.39. The topological polar surface area (TPSA) is 42.1 Å². The zero-order chi connectivity index (χ0) is 12.5. The van der Waals surface area contributed by atoms with Crippen molar-refractivity contribution in [3.05, 3.63) is 27.7 Å². The number of rotatable bonds is 2. The molecule has 0 unspecified atom stereocenters. The maximum absolute atomic E-state index is 12.4. The summed E-state index contributed by atoms with van der Waals surface area (Å²) in [6.45, 7) is 0. The third-order valence-electron chi connectivity index (χ3n) is 1.75. The smallest absolute Gasteiger partial charge is 0.435 e. The van der Waals surface area contributed by atoms with Gasteiger partial charge in [-0.2, -0.15) is 13.2 Å². The van der Waals surface area contributed by atoms with E-state index in [1.54, 1.807) is 0 Å². The Balaban J connectivity index is 3.55. The van der Waals surface area contributed by atoms with E-state index in [-0.39, 0.29) is 0 Å². The SMILES string of the molecule is COc1c(C(F)F)cc(=O)[nH]c1C(F)(F)F. The Hall–Kier alpha value is -1.60. The first-order chi connectivity index (χ1) is 7.27. The molecule has 0 radical (unpaired) electrons. The van der Waals surface area contributed by atoms with Gasteiger partial charge in [0.15, 0.2) is 11.4 Å². The molecule has 0 fully saturated rings. The van der Waals surface area contributed by atoms with Crippen LogP contribution in [0.25, 0.3) is 0 Å². The molecule has 1 aromatic rings. The first-order valence-corrected chi connectivity index (χ1v) is 3.94. The van der Waals surface area contributed by atoms with Crippen molar-refractivity contribution in [2.24, 2.45) is 0 Å². The summed E-state index contributed by atoms with van der Waals surface area (Å²) in [5.74, 6) is -1.07. The standard InChI is InChI=1S/C8H6F5NO2/c1-16-5-3(7(9)10)2-4(15)14-6(5)8(11,12)13/h2,7H,1H3,(H,14,15). The van der Waals surface area contributed by atoms with Crippen molar-refractivity contribution < 1.29 is 26.7 Å². The fourth-order valence-electron chi connectivity index (χ4n) is 1.15. The number of ether oxygens (including phenoxy) is 1. The average Bonchev–Trinajstić information content (AvgIpc) is 2.14. The largest absolute Gasteiger partial charge is 0.494 e. The van der Waals surface area contributed by atoms with Crippen LogP contribution in [0.4, 0.5) is 22.0 Å². The Morgan fingerprint density at radius 2 is 1.94 bits per heavy atom. The summed E-state index contributed by atoms with van der Waals surface area (Å²) in [5, 5.41) is 0. The number of aromatic amines is 1. The highest BCUT2D eigenvalue weighted by atomic mass is 19.4. The second-order valence-electron chi connectivity index (χ2n) is 2.80. The molecule has 0 spiro atoms. The average molecular weight is 243 g/mol. The number of aromatic nitrogens is 1. The van der Waals surface area contributed by atoms with Gasteiger partial charge in [-0.1, -0.05) is 0 Å². The van der Waals surface area contributed by atoms with Crippen molar-refractivity contribution >= 4 is 0 Å². The molecule has 0 bridgehead atoms. The quantitative estimate of drug-likeness (QED) is 0.810. The predicted molar refractivity (Wildman–Crippen MR) is 43.6 cm³/mol. The van der Waals surface area contributed by atoms with Gasteiger partial charge in [0.1, 0.15) is 0 Å². The van der Waals surface area contributed by atoms with Crippen LogP contribution in [0.1, 0.15) is 17.7 Å². The maximum Gasteiger partial charge on any atom is 0.435 e. The molecule has 0 saturated carbocycles. The summed E-state index contributed by atoms with van der Waals surface area (Å²) < 4.78 is 66.1. The van der Waals surface area contributed by atoms with Crippen molar-refractivity contribution in [3.63, 3.8) is 0 Å². The fraction of sp³-hybridized carbons (Fsp3) is 0.375. The lowest BCUT2D eigenvalue weighted by Crippen LogP contribution is -2.19. The number of halogens is 5. The van der Waals surface area contributed by atoms with Crippen molar-refractivity contribution in [2.45, 2.75) is 12.6 Å². The van der Waals surface area contributed by atoms with Gasteiger partial charge < -0.3 is 9.72 Å². The van der Waals surface area contributed by atoms with E-state index in [0.29, 0.717) is 6.07 Å². The van der Waals surface area contributed by atoms with Crippen LogP contribution >= 0.6 is 0 Å². The van der Waals surface area contributed by atoms with Gasteiger partial charge in [-0.05, 0) is 0 Å². The number of hydrogen-bond acceptors (Lipinski definition) is 2. The minimum atomic E-state index is -4.96. The lowest BCUT2D eigenvalue weighted by atomic mass is 10.2. The summed E-state index contributed by atoms with van der Waals surface area (Å²) in [6, 6.07) is 0.374. The second kappa shape index (κ2) is 4.11. The number of methoxy groups -OCH3 is 1. The molecule has 0 amide bonds. The molecule has 16 heavy (non-hydrogen) atoms. The van der Waals surface area contributed by atoms with Crippen LogP contribution in [0.2, 0.25) is 0 Å². The molecule has 1 aromatic heterocycles. The van der Waals surface area contributed by atoms with E-state index < -0.39 is 35.2 Å². The van der Waals surface area contributed by atoms with E-state index in [4.69, 9.17) is 0 Å². The number of alkyl halides is 5. The van der Waals surface area contributed by atoms with E-state index in [2.05, 4.69) is 4.74 Å². The Labute approximate surface area is 85.8 Å². The van der Waals surface area contributed by atoms with Crippen LogP contribution in [-0.4, -0.2) is 12.1 Å². The third kappa shape index (κ3) is 2.31. The highest BCUT2D eigenvalue weighted by Gasteiger charge is 2.38. The first-order valence-electron chi connectivity index (χ1n) is 3.94. The molecule has 8 heteroatoms. The van der Waals surface area contributed by atoms with Gasteiger partial charge in [-0.15, -0.1) is 0 Å². The van der Waals surface area contributed by atoms with E-state index in [1.807, 2.05) is 0 Å². The van der Waals surface area contributed by atoms with Crippen molar-refractivity contribution in [3.8, 4) is 5.75 Å². The molecule has 0 aliphatic carbocycles. The van der Waals surface area contributed by atoms with Gasteiger partial charge in [0.2, 0.25) is 5.56 Å². The Bertz CT molecular complexity index is 437. The van der Waals surface area contributed by atoms with Gasteiger partial charge in [0.05, 0.1) is 12.7 Å². The lowest BCUT2D eigenvalue weighted by molar-refractivity contribution is -0.142. The number of pyridine rings is 1. The predicted octanol–water partition coefficient (Wildman–Crippen LogP) is 2.34. The van der Waals surface area contributed by atoms with Crippen LogP contribution in [-0.2, 0) is 6.18 Å². The lowest BCUT2D eigenvalue weighted by Gasteiger charge is -2.14. The molecule has 0 saturated heterocycles. The molecule has 1 N–H and O–H groups in total. The molecule has 1 rings (SSSR count). The van der Waals surface area contributed by atoms with Crippen LogP contribution in [0.5, 0.6) is 5.75 Å². The minimum Gasteiger partial charge on any atom is -0.494 e. The molecule has 3 nitrogen and oxygen atoms in total.